The van der Waals surface area contributed by atoms with Crippen LogP contribution in [-0.2, 0) is 25.6 Å². The lowest BCUT2D eigenvalue weighted by Gasteiger charge is -2.25. The SMILES string of the molecule is CC(C)[C@H](NC(=O)[C@@H](N)Cc1ccccc1)C(=O)N[C@@H](CC(=O)O)C(=O)O. The molecule has 2 amide bonds. The number of carboxylic acids is 2. The zero-order chi connectivity index (χ0) is 20.6. The first-order valence-electron chi connectivity index (χ1n) is 8.46. The van der Waals surface area contributed by atoms with Gasteiger partial charge in [-0.05, 0) is 17.9 Å². The lowest BCUT2D eigenvalue weighted by atomic mass is 10.0. The fraction of sp³-hybridized carbons (Fsp3) is 0.444. The predicted octanol–water partition coefficient (Wildman–Crippen LogP) is -0.259. The third-order valence-corrected chi connectivity index (χ3v) is 3.88. The van der Waals surface area contributed by atoms with Crippen LogP contribution >= 0.6 is 0 Å². The number of hydrogen-bond acceptors (Lipinski definition) is 5. The number of benzene rings is 1. The van der Waals surface area contributed by atoms with Crippen molar-refractivity contribution in [1.82, 2.24) is 10.6 Å². The summed E-state index contributed by atoms with van der Waals surface area (Å²) in [6, 6.07) is 5.59. The molecule has 0 radical (unpaired) electrons. The van der Waals surface area contributed by atoms with Crippen LogP contribution < -0.4 is 16.4 Å². The molecule has 0 bridgehead atoms. The van der Waals surface area contributed by atoms with Crippen molar-refractivity contribution in [2.24, 2.45) is 11.7 Å². The third kappa shape index (κ3) is 7.45. The van der Waals surface area contributed by atoms with Crippen LogP contribution in [0.25, 0.3) is 0 Å². The topological polar surface area (TPSA) is 159 Å². The summed E-state index contributed by atoms with van der Waals surface area (Å²) in [7, 11) is 0. The lowest BCUT2D eigenvalue weighted by molar-refractivity contribution is -0.147. The average molecular weight is 379 g/mol. The van der Waals surface area contributed by atoms with Crippen molar-refractivity contribution >= 4 is 23.8 Å². The summed E-state index contributed by atoms with van der Waals surface area (Å²) in [5, 5.41) is 22.5. The highest BCUT2D eigenvalue weighted by Gasteiger charge is 2.30. The highest BCUT2D eigenvalue weighted by Crippen LogP contribution is 2.06. The number of carboxylic acid groups (broad SMARTS) is 2. The van der Waals surface area contributed by atoms with Gasteiger partial charge in [-0.15, -0.1) is 0 Å². The molecule has 9 heteroatoms. The summed E-state index contributed by atoms with van der Waals surface area (Å²) in [5.74, 6) is -4.54. The molecule has 27 heavy (non-hydrogen) atoms. The number of aliphatic carboxylic acids is 2. The van der Waals surface area contributed by atoms with Crippen molar-refractivity contribution < 1.29 is 29.4 Å². The van der Waals surface area contributed by atoms with Gasteiger partial charge in [-0.2, -0.15) is 0 Å². The standard InChI is InChI=1S/C18H25N3O6/c1-10(2)15(17(25)20-13(18(26)27)9-14(22)23)21-16(24)12(19)8-11-6-4-3-5-7-11/h3-7,10,12-13,15H,8-9,19H2,1-2H3,(H,20,25)(H,21,24)(H,22,23)(H,26,27)/t12-,13-,15-/m0/s1. The molecule has 0 aliphatic carbocycles. The molecular weight excluding hydrogens is 354 g/mol. The van der Waals surface area contributed by atoms with E-state index < -0.39 is 48.3 Å². The molecule has 0 spiro atoms. The van der Waals surface area contributed by atoms with Crippen LogP contribution in [-0.4, -0.2) is 52.1 Å². The van der Waals surface area contributed by atoms with Gasteiger partial charge in [0, 0.05) is 0 Å². The number of hydrogen-bond donors (Lipinski definition) is 5. The molecule has 148 valence electrons. The molecule has 0 unspecified atom stereocenters. The predicted molar refractivity (Wildman–Crippen MR) is 96.7 cm³/mol. The largest absolute Gasteiger partial charge is 0.481 e. The number of amides is 2. The van der Waals surface area contributed by atoms with Crippen LogP contribution in [0, 0.1) is 5.92 Å². The zero-order valence-electron chi connectivity index (χ0n) is 15.2. The Kier molecular flexibility index (Phi) is 8.40. The monoisotopic (exact) mass is 379 g/mol. The van der Waals surface area contributed by atoms with Crippen LogP contribution in [0.5, 0.6) is 0 Å². The Bertz CT molecular complexity index is 677. The Labute approximate surface area is 156 Å². The molecule has 1 aromatic rings. The fourth-order valence-corrected chi connectivity index (χ4v) is 2.39. The van der Waals surface area contributed by atoms with Gasteiger partial charge in [-0.1, -0.05) is 44.2 Å². The second-order valence-corrected chi connectivity index (χ2v) is 6.52. The van der Waals surface area contributed by atoms with Gasteiger partial charge in [0.2, 0.25) is 11.8 Å². The molecule has 0 aliphatic rings. The molecule has 0 aliphatic heterocycles. The molecule has 0 fully saturated rings. The normalized spacial score (nSPS) is 14.1. The maximum absolute atomic E-state index is 12.4. The van der Waals surface area contributed by atoms with E-state index in [1.165, 1.54) is 0 Å². The summed E-state index contributed by atoms with van der Waals surface area (Å²) in [6.45, 7) is 3.33. The number of rotatable bonds is 10. The van der Waals surface area contributed by atoms with E-state index in [9.17, 15) is 19.2 Å². The number of carbonyl (C=O) groups excluding carboxylic acids is 2. The summed E-state index contributed by atoms with van der Waals surface area (Å²) >= 11 is 0. The van der Waals surface area contributed by atoms with Gasteiger partial charge in [-0.25, -0.2) is 4.79 Å². The van der Waals surface area contributed by atoms with E-state index in [-0.39, 0.29) is 12.3 Å². The molecular formula is C18H25N3O6. The number of nitrogens with one attached hydrogen (secondary N) is 2. The maximum Gasteiger partial charge on any atom is 0.326 e. The van der Waals surface area contributed by atoms with E-state index in [0.717, 1.165) is 5.56 Å². The van der Waals surface area contributed by atoms with Gasteiger partial charge in [0.25, 0.3) is 0 Å². The van der Waals surface area contributed by atoms with Gasteiger partial charge < -0.3 is 26.6 Å². The highest BCUT2D eigenvalue weighted by molar-refractivity contribution is 5.93. The Morgan fingerprint density at radius 1 is 1.00 bits per heavy atom. The first-order valence-corrected chi connectivity index (χ1v) is 8.46. The molecule has 0 heterocycles. The smallest absolute Gasteiger partial charge is 0.326 e. The first kappa shape index (κ1) is 22.1. The van der Waals surface area contributed by atoms with E-state index in [0.29, 0.717) is 0 Å². The van der Waals surface area contributed by atoms with Gasteiger partial charge in [0.15, 0.2) is 0 Å². The van der Waals surface area contributed by atoms with Gasteiger partial charge >= 0.3 is 11.9 Å². The summed E-state index contributed by atoms with van der Waals surface area (Å²) in [4.78, 5) is 46.6. The minimum atomic E-state index is -1.59. The van der Waals surface area contributed by atoms with Crippen molar-refractivity contribution in [2.75, 3.05) is 0 Å². The Morgan fingerprint density at radius 2 is 1.59 bits per heavy atom. The molecule has 1 aromatic carbocycles. The van der Waals surface area contributed by atoms with Crippen LogP contribution in [0.15, 0.2) is 30.3 Å². The van der Waals surface area contributed by atoms with Gasteiger partial charge in [-0.3, -0.25) is 14.4 Å². The van der Waals surface area contributed by atoms with Crippen molar-refractivity contribution in [3.8, 4) is 0 Å². The van der Waals surface area contributed by atoms with E-state index in [2.05, 4.69) is 10.6 Å². The summed E-state index contributed by atoms with van der Waals surface area (Å²) in [6.07, 6.45) is -0.497. The quantitative estimate of drug-likeness (QED) is 0.374. The van der Waals surface area contributed by atoms with E-state index >= 15 is 0 Å². The van der Waals surface area contributed by atoms with Crippen LogP contribution in [0.3, 0.4) is 0 Å². The van der Waals surface area contributed by atoms with Crippen molar-refractivity contribution in [3.63, 3.8) is 0 Å². The van der Waals surface area contributed by atoms with E-state index in [4.69, 9.17) is 15.9 Å². The molecule has 0 saturated heterocycles. The Hall–Kier alpha value is -2.94. The Balaban J connectivity index is 2.76. The second kappa shape index (κ2) is 10.3. The molecule has 6 N–H and O–H groups in total. The van der Waals surface area contributed by atoms with E-state index in [1.54, 1.807) is 13.8 Å². The highest BCUT2D eigenvalue weighted by atomic mass is 16.4. The number of carbonyl (C=O) groups is 4. The van der Waals surface area contributed by atoms with Gasteiger partial charge in [0.05, 0.1) is 12.5 Å². The minimum absolute atomic E-state index is 0.274. The first-order chi connectivity index (χ1) is 12.6. The third-order valence-electron chi connectivity index (χ3n) is 3.88. The van der Waals surface area contributed by atoms with Crippen molar-refractivity contribution in [2.45, 2.75) is 44.8 Å². The molecule has 9 nitrogen and oxygen atoms in total. The fourth-order valence-electron chi connectivity index (χ4n) is 2.39. The molecule has 0 aromatic heterocycles. The second-order valence-electron chi connectivity index (χ2n) is 6.52. The van der Waals surface area contributed by atoms with Crippen molar-refractivity contribution in [3.05, 3.63) is 35.9 Å². The summed E-state index contributed by atoms with van der Waals surface area (Å²) < 4.78 is 0. The van der Waals surface area contributed by atoms with Crippen LogP contribution in [0.2, 0.25) is 0 Å². The maximum atomic E-state index is 12.4. The molecule has 3 atom stereocenters. The number of nitrogens with two attached hydrogens (primary N) is 1. The lowest BCUT2D eigenvalue weighted by Crippen LogP contribution is -2.56. The van der Waals surface area contributed by atoms with Crippen LogP contribution in [0.1, 0.15) is 25.8 Å². The van der Waals surface area contributed by atoms with E-state index in [1.807, 2.05) is 30.3 Å². The minimum Gasteiger partial charge on any atom is -0.481 e. The van der Waals surface area contributed by atoms with Gasteiger partial charge in [0.1, 0.15) is 12.1 Å². The average Bonchev–Trinajstić information content (AvgIpc) is 2.58. The van der Waals surface area contributed by atoms with Crippen LogP contribution in [0.4, 0.5) is 0 Å². The van der Waals surface area contributed by atoms with Crippen molar-refractivity contribution in [1.29, 1.82) is 0 Å². The zero-order valence-corrected chi connectivity index (χ0v) is 15.2. The summed E-state index contributed by atoms with van der Waals surface area (Å²) in [5.41, 5.74) is 6.76. The molecule has 1 rings (SSSR count). The molecule has 0 saturated carbocycles. The Morgan fingerprint density at radius 3 is 2.07 bits per heavy atom.